The summed E-state index contributed by atoms with van der Waals surface area (Å²) in [6, 6.07) is 13.5. The van der Waals surface area contributed by atoms with Crippen molar-refractivity contribution in [2.24, 2.45) is 0 Å². The molecule has 5 rings (SSSR count). The Morgan fingerprint density at radius 3 is 2.56 bits per heavy atom. The molecule has 1 aromatic carbocycles. The molecule has 1 amide bonds. The van der Waals surface area contributed by atoms with Crippen LogP contribution in [0.25, 0.3) is 22.4 Å². The minimum absolute atomic E-state index is 0.0560. The van der Waals surface area contributed by atoms with Crippen molar-refractivity contribution in [2.75, 3.05) is 31.1 Å². The SMILES string of the molecule is Cc1cc(-c2cc(C(=O)N3CCCN(c4ccc(C#N)cc4)CC3)c3c(C)noc3n2)c(C)o1. The van der Waals surface area contributed by atoms with Gasteiger partial charge in [0.15, 0.2) is 0 Å². The van der Waals surface area contributed by atoms with Crippen LogP contribution in [0.3, 0.4) is 0 Å². The minimum atomic E-state index is -0.0560. The Labute approximate surface area is 197 Å². The fourth-order valence-electron chi connectivity index (χ4n) is 4.58. The second kappa shape index (κ2) is 8.67. The van der Waals surface area contributed by atoms with Gasteiger partial charge in [-0.15, -0.1) is 0 Å². The Bertz CT molecular complexity index is 1410. The monoisotopic (exact) mass is 455 g/mol. The number of amides is 1. The minimum Gasteiger partial charge on any atom is -0.466 e. The van der Waals surface area contributed by atoms with Gasteiger partial charge in [0.05, 0.1) is 34.0 Å². The van der Waals surface area contributed by atoms with E-state index in [2.05, 4.69) is 21.1 Å². The Morgan fingerprint density at radius 1 is 1.06 bits per heavy atom. The molecule has 0 saturated carbocycles. The van der Waals surface area contributed by atoms with Gasteiger partial charge in [-0.2, -0.15) is 5.26 Å². The number of fused-ring (bicyclic) bond motifs is 1. The van der Waals surface area contributed by atoms with Crippen molar-refractivity contribution in [2.45, 2.75) is 27.2 Å². The molecule has 1 fully saturated rings. The van der Waals surface area contributed by atoms with Crippen LogP contribution >= 0.6 is 0 Å². The first-order chi connectivity index (χ1) is 16.4. The number of anilines is 1. The van der Waals surface area contributed by atoms with E-state index >= 15 is 0 Å². The highest BCUT2D eigenvalue weighted by molar-refractivity contribution is 6.07. The highest BCUT2D eigenvalue weighted by Crippen LogP contribution is 2.31. The van der Waals surface area contributed by atoms with Crippen LogP contribution in [0.4, 0.5) is 5.69 Å². The maximum atomic E-state index is 13.8. The van der Waals surface area contributed by atoms with Gasteiger partial charge in [0.25, 0.3) is 11.6 Å². The molecule has 0 spiro atoms. The van der Waals surface area contributed by atoms with Crippen LogP contribution in [0, 0.1) is 32.1 Å². The van der Waals surface area contributed by atoms with E-state index in [9.17, 15) is 4.79 Å². The lowest BCUT2D eigenvalue weighted by molar-refractivity contribution is 0.0769. The fourth-order valence-corrected chi connectivity index (χ4v) is 4.58. The summed E-state index contributed by atoms with van der Waals surface area (Å²) in [5.41, 5.74) is 4.71. The zero-order chi connectivity index (χ0) is 23.8. The maximum absolute atomic E-state index is 13.8. The summed E-state index contributed by atoms with van der Waals surface area (Å²) in [4.78, 5) is 22.5. The van der Waals surface area contributed by atoms with Crippen LogP contribution in [0.1, 0.15) is 39.6 Å². The quantitative estimate of drug-likeness (QED) is 0.444. The van der Waals surface area contributed by atoms with Crippen LogP contribution < -0.4 is 4.90 Å². The molecule has 3 aromatic heterocycles. The molecule has 1 aliphatic heterocycles. The number of carbonyl (C=O) groups excluding carboxylic acids is 1. The molecule has 0 bridgehead atoms. The van der Waals surface area contributed by atoms with Crippen LogP contribution in [0.15, 0.2) is 45.3 Å². The second-order valence-corrected chi connectivity index (χ2v) is 8.62. The van der Waals surface area contributed by atoms with Gasteiger partial charge < -0.3 is 18.7 Å². The topological polar surface area (TPSA) is 99.4 Å². The lowest BCUT2D eigenvalue weighted by Crippen LogP contribution is -2.35. The molecule has 0 N–H and O–H groups in total. The van der Waals surface area contributed by atoms with Crippen molar-refractivity contribution in [1.29, 1.82) is 5.26 Å². The number of hydrogen-bond acceptors (Lipinski definition) is 7. The number of aryl methyl sites for hydroxylation is 3. The molecular weight excluding hydrogens is 430 g/mol. The number of rotatable bonds is 3. The van der Waals surface area contributed by atoms with E-state index in [-0.39, 0.29) is 5.91 Å². The number of pyridine rings is 1. The van der Waals surface area contributed by atoms with Gasteiger partial charge in [-0.05, 0) is 63.6 Å². The van der Waals surface area contributed by atoms with Gasteiger partial charge in [0, 0.05) is 37.4 Å². The van der Waals surface area contributed by atoms with Gasteiger partial charge in [-0.25, -0.2) is 4.98 Å². The number of benzene rings is 1. The van der Waals surface area contributed by atoms with Crippen LogP contribution in [-0.4, -0.2) is 47.1 Å². The van der Waals surface area contributed by atoms with Gasteiger partial charge in [-0.1, -0.05) is 5.16 Å². The van der Waals surface area contributed by atoms with Gasteiger partial charge in [0.2, 0.25) is 0 Å². The van der Waals surface area contributed by atoms with Crippen LogP contribution in [0.5, 0.6) is 0 Å². The molecule has 0 unspecified atom stereocenters. The lowest BCUT2D eigenvalue weighted by atomic mass is 10.0. The van der Waals surface area contributed by atoms with Crippen molar-refractivity contribution in [3.63, 3.8) is 0 Å². The van der Waals surface area contributed by atoms with E-state index in [4.69, 9.17) is 14.2 Å². The molecule has 4 heterocycles. The van der Waals surface area contributed by atoms with Crippen LogP contribution in [-0.2, 0) is 0 Å². The first-order valence-corrected chi connectivity index (χ1v) is 11.3. The molecule has 4 aromatic rings. The predicted molar refractivity (Wildman–Crippen MR) is 128 cm³/mol. The molecule has 1 saturated heterocycles. The van der Waals surface area contributed by atoms with Crippen molar-refractivity contribution >= 4 is 22.7 Å². The predicted octanol–water partition coefficient (Wildman–Crippen LogP) is 4.63. The van der Waals surface area contributed by atoms with E-state index in [0.29, 0.717) is 53.2 Å². The smallest absolute Gasteiger partial charge is 0.259 e. The van der Waals surface area contributed by atoms with E-state index in [1.54, 1.807) is 0 Å². The molecule has 0 aliphatic carbocycles. The molecule has 8 heteroatoms. The molecule has 1 aliphatic rings. The Hall–Kier alpha value is -4.12. The largest absolute Gasteiger partial charge is 0.466 e. The Balaban J connectivity index is 1.45. The molecule has 0 radical (unpaired) electrons. The lowest BCUT2D eigenvalue weighted by Gasteiger charge is -2.24. The molecule has 34 heavy (non-hydrogen) atoms. The fraction of sp³-hybridized carbons (Fsp3) is 0.308. The van der Waals surface area contributed by atoms with Crippen molar-refractivity contribution in [1.82, 2.24) is 15.0 Å². The maximum Gasteiger partial charge on any atom is 0.259 e. The summed E-state index contributed by atoms with van der Waals surface area (Å²) < 4.78 is 11.1. The number of nitrogens with zero attached hydrogens (tertiary/aromatic N) is 5. The average molecular weight is 456 g/mol. The number of furan rings is 1. The Morgan fingerprint density at radius 2 is 1.85 bits per heavy atom. The summed E-state index contributed by atoms with van der Waals surface area (Å²) in [7, 11) is 0. The van der Waals surface area contributed by atoms with Gasteiger partial charge in [-0.3, -0.25) is 4.79 Å². The van der Waals surface area contributed by atoms with E-state index < -0.39 is 0 Å². The van der Waals surface area contributed by atoms with Gasteiger partial charge >= 0.3 is 0 Å². The van der Waals surface area contributed by atoms with E-state index in [1.807, 2.05) is 62.1 Å². The second-order valence-electron chi connectivity index (χ2n) is 8.62. The van der Waals surface area contributed by atoms with E-state index in [0.717, 1.165) is 35.7 Å². The molecule has 8 nitrogen and oxygen atoms in total. The highest BCUT2D eigenvalue weighted by atomic mass is 16.5. The third-order valence-electron chi connectivity index (χ3n) is 6.31. The van der Waals surface area contributed by atoms with Gasteiger partial charge in [0.1, 0.15) is 11.5 Å². The number of hydrogen-bond donors (Lipinski definition) is 0. The summed E-state index contributed by atoms with van der Waals surface area (Å²) >= 11 is 0. The number of aromatic nitrogens is 2. The van der Waals surface area contributed by atoms with Crippen molar-refractivity contribution in [3.8, 4) is 17.3 Å². The standard InChI is InChI=1S/C26H25N5O3/c1-16-13-21(18(3)33-16)23-14-22(24-17(2)29-34-25(24)28-23)26(32)31-10-4-9-30(11-12-31)20-7-5-19(15-27)6-8-20/h5-8,13-14H,4,9-12H2,1-3H3. The number of nitriles is 1. The first-order valence-electron chi connectivity index (χ1n) is 11.3. The molecule has 0 atom stereocenters. The third-order valence-corrected chi connectivity index (χ3v) is 6.31. The van der Waals surface area contributed by atoms with Crippen molar-refractivity contribution < 1.29 is 13.7 Å². The molecular formula is C26H25N5O3. The zero-order valence-electron chi connectivity index (χ0n) is 19.5. The summed E-state index contributed by atoms with van der Waals surface area (Å²) in [6.07, 6.45) is 0.843. The summed E-state index contributed by atoms with van der Waals surface area (Å²) in [5.74, 6) is 1.47. The number of carbonyl (C=O) groups is 1. The first kappa shape index (κ1) is 21.7. The Kier molecular flexibility index (Phi) is 5.54. The normalized spacial score (nSPS) is 14.3. The van der Waals surface area contributed by atoms with Crippen LogP contribution in [0.2, 0.25) is 0 Å². The summed E-state index contributed by atoms with van der Waals surface area (Å²) in [5, 5.41) is 13.8. The molecule has 172 valence electrons. The summed E-state index contributed by atoms with van der Waals surface area (Å²) in [6.45, 7) is 8.38. The van der Waals surface area contributed by atoms with Crippen molar-refractivity contribution in [3.05, 3.63) is 64.7 Å². The average Bonchev–Trinajstić information content (AvgIpc) is 3.28. The van der Waals surface area contributed by atoms with E-state index in [1.165, 1.54) is 0 Å². The zero-order valence-corrected chi connectivity index (χ0v) is 19.5. The highest BCUT2D eigenvalue weighted by Gasteiger charge is 2.26. The third kappa shape index (κ3) is 3.90.